The average molecular weight is 215 g/mol. The maximum absolute atomic E-state index is 11.5. The molecule has 0 spiro atoms. The third-order valence-corrected chi connectivity index (χ3v) is 2.96. The van der Waals surface area contributed by atoms with Crippen molar-refractivity contribution in [2.75, 3.05) is 6.54 Å². The first-order valence-electron chi connectivity index (χ1n) is 4.14. The molecule has 0 amide bonds. The van der Waals surface area contributed by atoms with Crippen molar-refractivity contribution in [2.24, 2.45) is 0 Å². The minimum Gasteiger partial charge on any atom is -0.284 e. The molecule has 0 aromatic carbocycles. The lowest BCUT2D eigenvalue weighted by Gasteiger charge is -2.00. The molecule has 1 aromatic heterocycles. The van der Waals surface area contributed by atoms with Crippen LogP contribution in [0.1, 0.15) is 13.8 Å². The number of hydrogen-bond donors (Lipinski definition) is 2. The van der Waals surface area contributed by atoms with Gasteiger partial charge in [-0.3, -0.25) is 5.10 Å². The number of aromatic nitrogens is 2. The highest BCUT2D eigenvalue weighted by molar-refractivity contribution is 7.89. The number of sulfonamides is 1. The van der Waals surface area contributed by atoms with Gasteiger partial charge in [-0.1, -0.05) is 11.6 Å². The van der Waals surface area contributed by atoms with E-state index in [1.54, 1.807) is 6.08 Å². The first-order chi connectivity index (χ1) is 6.52. The second-order valence-electron chi connectivity index (χ2n) is 3.07. The second-order valence-corrected chi connectivity index (χ2v) is 4.83. The molecule has 0 atom stereocenters. The van der Waals surface area contributed by atoms with Crippen LogP contribution in [0.4, 0.5) is 0 Å². The lowest BCUT2D eigenvalue weighted by molar-refractivity contribution is 0.585. The Kier molecular flexibility index (Phi) is 3.43. The Morgan fingerprint density at radius 2 is 2.36 bits per heavy atom. The molecule has 78 valence electrons. The Morgan fingerprint density at radius 1 is 1.64 bits per heavy atom. The quantitative estimate of drug-likeness (QED) is 0.724. The van der Waals surface area contributed by atoms with Crippen LogP contribution in [0, 0.1) is 0 Å². The molecule has 0 aliphatic heterocycles. The summed E-state index contributed by atoms with van der Waals surface area (Å²) in [4.78, 5) is 0.152. The summed E-state index contributed by atoms with van der Waals surface area (Å²) < 4.78 is 25.4. The van der Waals surface area contributed by atoms with E-state index >= 15 is 0 Å². The maximum atomic E-state index is 11.5. The number of H-pyrrole nitrogens is 1. The highest BCUT2D eigenvalue weighted by Gasteiger charge is 2.12. The molecule has 0 aliphatic carbocycles. The Morgan fingerprint density at radius 3 is 2.86 bits per heavy atom. The molecule has 5 nitrogen and oxygen atoms in total. The average Bonchev–Trinajstić information content (AvgIpc) is 2.54. The molecule has 0 fully saturated rings. The van der Waals surface area contributed by atoms with Crippen molar-refractivity contribution >= 4 is 10.0 Å². The molecule has 6 heteroatoms. The molecular formula is C8H13N3O2S. The summed E-state index contributed by atoms with van der Waals surface area (Å²) in [7, 11) is -3.40. The summed E-state index contributed by atoms with van der Waals surface area (Å²) in [6.07, 6.45) is 4.41. The van der Waals surface area contributed by atoms with E-state index in [-0.39, 0.29) is 4.90 Å². The van der Waals surface area contributed by atoms with E-state index in [1.165, 1.54) is 12.4 Å². The smallest absolute Gasteiger partial charge is 0.243 e. The van der Waals surface area contributed by atoms with E-state index in [2.05, 4.69) is 14.9 Å². The summed E-state index contributed by atoms with van der Waals surface area (Å²) >= 11 is 0. The number of hydrogen-bond acceptors (Lipinski definition) is 3. The molecule has 1 rings (SSSR count). The SMILES string of the molecule is CC(C)=CCNS(=O)(=O)c1cn[nH]c1. The Bertz CT molecular complexity index is 402. The van der Waals surface area contributed by atoms with Crippen LogP contribution < -0.4 is 4.72 Å². The maximum Gasteiger partial charge on any atom is 0.243 e. The fourth-order valence-electron chi connectivity index (χ4n) is 0.825. The lowest BCUT2D eigenvalue weighted by atomic mass is 10.3. The topological polar surface area (TPSA) is 74.8 Å². The van der Waals surface area contributed by atoms with Gasteiger partial charge in [-0.2, -0.15) is 5.10 Å². The van der Waals surface area contributed by atoms with Gasteiger partial charge >= 0.3 is 0 Å². The number of allylic oxidation sites excluding steroid dienone is 1. The van der Waals surface area contributed by atoms with E-state index in [0.717, 1.165) is 5.57 Å². The molecule has 2 N–H and O–H groups in total. The monoisotopic (exact) mass is 215 g/mol. The Labute approximate surface area is 83.3 Å². The third kappa shape index (κ3) is 2.97. The third-order valence-electron chi connectivity index (χ3n) is 1.57. The molecule has 1 heterocycles. The summed E-state index contributed by atoms with van der Waals surface area (Å²) in [6, 6.07) is 0. The van der Waals surface area contributed by atoms with Crippen molar-refractivity contribution in [3.8, 4) is 0 Å². The van der Waals surface area contributed by atoms with E-state index in [1.807, 2.05) is 13.8 Å². The van der Waals surface area contributed by atoms with Crippen LogP contribution >= 0.6 is 0 Å². The van der Waals surface area contributed by atoms with Crippen molar-refractivity contribution in [2.45, 2.75) is 18.7 Å². The normalized spacial score (nSPS) is 11.3. The fraction of sp³-hybridized carbons (Fsp3) is 0.375. The van der Waals surface area contributed by atoms with Crippen LogP contribution in [0.25, 0.3) is 0 Å². The van der Waals surface area contributed by atoms with Gasteiger partial charge in [0.25, 0.3) is 0 Å². The van der Waals surface area contributed by atoms with Crippen LogP contribution in [0.2, 0.25) is 0 Å². The van der Waals surface area contributed by atoms with Crippen molar-refractivity contribution in [1.82, 2.24) is 14.9 Å². The van der Waals surface area contributed by atoms with Crippen LogP contribution in [0.15, 0.2) is 28.9 Å². The largest absolute Gasteiger partial charge is 0.284 e. The Balaban J connectivity index is 2.65. The number of rotatable bonds is 4. The zero-order chi connectivity index (χ0) is 10.6. The van der Waals surface area contributed by atoms with E-state index in [0.29, 0.717) is 6.54 Å². The van der Waals surface area contributed by atoms with Crippen molar-refractivity contribution in [1.29, 1.82) is 0 Å². The van der Waals surface area contributed by atoms with Crippen LogP contribution in [0.5, 0.6) is 0 Å². The zero-order valence-corrected chi connectivity index (χ0v) is 8.93. The van der Waals surface area contributed by atoms with Crippen molar-refractivity contribution in [3.63, 3.8) is 0 Å². The standard InChI is InChI=1S/C8H13N3O2S/c1-7(2)3-4-11-14(12,13)8-5-9-10-6-8/h3,5-6,11H,4H2,1-2H3,(H,9,10). The van der Waals surface area contributed by atoms with Crippen LogP contribution in [-0.4, -0.2) is 25.2 Å². The highest BCUT2D eigenvalue weighted by atomic mass is 32.2. The number of nitrogens with one attached hydrogen (secondary N) is 2. The van der Waals surface area contributed by atoms with Gasteiger partial charge in [0.1, 0.15) is 4.90 Å². The van der Waals surface area contributed by atoms with Gasteiger partial charge in [-0.05, 0) is 13.8 Å². The van der Waals surface area contributed by atoms with E-state index in [4.69, 9.17) is 0 Å². The first-order valence-corrected chi connectivity index (χ1v) is 5.62. The molecule has 14 heavy (non-hydrogen) atoms. The van der Waals surface area contributed by atoms with Crippen molar-refractivity contribution < 1.29 is 8.42 Å². The minimum absolute atomic E-state index is 0.152. The molecule has 0 aliphatic rings. The predicted molar refractivity (Wildman–Crippen MR) is 53.2 cm³/mol. The highest BCUT2D eigenvalue weighted by Crippen LogP contribution is 2.03. The number of nitrogens with zero attached hydrogens (tertiary/aromatic N) is 1. The van der Waals surface area contributed by atoms with Gasteiger partial charge in [0.05, 0.1) is 6.20 Å². The van der Waals surface area contributed by atoms with Gasteiger partial charge in [-0.15, -0.1) is 0 Å². The molecule has 0 saturated carbocycles. The van der Waals surface area contributed by atoms with Gasteiger partial charge in [-0.25, -0.2) is 13.1 Å². The van der Waals surface area contributed by atoms with Gasteiger partial charge < -0.3 is 0 Å². The molecular weight excluding hydrogens is 202 g/mol. The first kappa shape index (κ1) is 10.9. The summed E-state index contributed by atoms with van der Waals surface area (Å²) in [5.41, 5.74) is 1.07. The van der Waals surface area contributed by atoms with Gasteiger partial charge in [0.2, 0.25) is 10.0 Å². The van der Waals surface area contributed by atoms with Gasteiger partial charge in [0.15, 0.2) is 0 Å². The molecule has 0 unspecified atom stereocenters. The van der Waals surface area contributed by atoms with E-state index in [9.17, 15) is 8.42 Å². The summed E-state index contributed by atoms with van der Waals surface area (Å²) in [6.45, 7) is 4.12. The summed E-state index contributed by atoms with van der Waals surface area (Å²) in [5, 5.41) is 6.02. The molecule has 0 saturated heterocycles. The Hall–Kier alpha value is -1.14. The minimum atomic E-state index is -3.40. The number of aromatic amines is 1. The molecule has 0 bridgehead atoms. The predicted octanol–water partition coefficient (Wildman–Crippen LogP) is 0.654. The molecule has 1 aromatic rings. The van der Waals surface area contributed by atoms with Crippen LogP contribution in [0.3, 0.4) is 0 Å². The summed E-state index contributed by atoms with van der Waals surface area (Å²) in [5.74, 6) is 0. The van der Waals surface area contributed by atoms with Gasteiger partial charge in [0, 0.05) is 12.7 Å². The van der Waals surface area contributed by atoms with E-state index < -0.39 is 10.0 Å². The molecule has 0 radical (unpaired) electrons. The van der Waals surface area contributed by atoms with Crippen LogP contribution in [-0.2, 0) is 10.0 Å². The zero-order valence-electron chi connectivity index (χ0n) is 8.11. The fourth-order valence-corrected chi connectivity index (χ4v) is 1.69. The van der Waals surface area contributed by atoms with Crippen molar-refractivity contribution in [3.05, 3.63) is 24.0 Å². The second kappa shape index (κ2) is 4.39. The lowest BCUT2D eigenvalue weighted by Crippen LogP contribution is -2.23.